The van der Waals surface area contributed by atoms with Crippen molar-refractivity contribution in [3.63, 3.8) is 0 Å². The smallest absolute Gasteiger partial charge is 0.188 e. The third kappa shape index (κ3) is 11.5. The summed E-state index contributed by atoms with van der Waals surface area (Å²) in [5.74, 6) is 0.845. The molecule has 3 aromatic carbocycles. The molecule has 294 valence electrons. The predicted molar refractivity (Wildman–Crippen MR) is 205 cm³/mol. The Morgan fingerprint density at radius 3 is 1.58 bits per heavy atom. The van der Waals surface area contributed by atoms with Crippen LogP contribution in [-0.4, -0.2) is 91.4 Å². The van der Waals surface area contributed by atoms with Crippen molar-refractivity contribution in [3.8, 4) is 11.5 Å². The van der Waals surface area contributed by atoms with Crippen molar-refractivity contribution in [3.05, 3.63) is 94.0 Å². The Hall–Kier alpha value is -3.10. The van der Waals surface area contributed by atoms with E-state index in [-0.39, 0.29) is 24.4 Å². The maximum Gasteiger partial charge on any atom is 0.188 e. The largest absolute Gasteiger partial charge is 0.467 e. The van der Waals surface area contributed by atoms with Crippen molar-refractivity contribution in [1.82, 2.24) is 10.2 Å². The van der Waals surface area contributed by atoms with Gasteiger partial charge < -0.3 is 53.2 Å². The molecule has 3 aromatic rings. The molecule has 2 fully saturated rings. The summed E-state index contributed by atoms with van der Waals surface area (Å²) < 4.78 is 47.7. The summed E-state index contributed by atoms with van der Waals surface area (Å²) >= 11 is 0. The standard InChI is InChI=1S/C38H51NO9.C4H11N/c1-8-39-19-26-10-9-11-29(16-26)38(40,30-17-27(12-14-32(30)47-24-41-6)34-43-20-36(2,3)21-44-34)31-18-28(13-15-33(31)48-25-42-7)35-45-22-37(4,5)23-46-35;1-4-5(2)3/h9-18,34-35,39-40H,8,19-25H2,1-7H3;4H2,1-3H3. The summed E-state index contributed by atoms with van der Waals surface area (Å²) in [6, 6.07) is 19.1. The number of nitrogens with one attached hydrogen (secondary N) is 1. The van der Waals surface area contributed by atoms with Gasteiger partial charge in [-0.15, -0.1) is 0 Å². The first-order valence-corrected chi connectivity index (χ1v) is 18.4. The monoisotopic (exact) mass is 738 g/mol. The van der Waals surface area contributed by atoms with Gasteiger partial charge in [-0.25, -0.2) is 0 Å². The molecule has 0 spiro atoms. The number of rotatable bonds is 15. The van der Waals surface area contributed by atoms with Gasteiger partial charge in [0.1, 0.15) is 17.1 Å². The van der Waals surface area contributed by atoms with Gasteiger partial charge in [0.05, 0.1) is 26.4 Å². The Kier molecular flexibility index (Phi) is 15.7. The number of aliphatic hydroxyl groups is 1. The van der Waals surface area contributed by atoms with Crippen molar-refractivity contribution in [2.75, 3.05) is 81.4 Å². The molecule has 2 N–H and O–H groups in total. The van der Waals surface area contributed by atoms with Crippen molar-refractivity contribution in [2.45, 2.75) is 66.3 Å². The van der Waals surface area contributed by atoms with Crippen LogP contribution in [0.3, 0.4) is 0 Å². The van der Waals surface area contributed by atoms with Gasteiger partial charge >= 0.3 is 0 Å². The molecule has 5 rings (SSSR count). The number of benzene rings is 3. The van der Waals surface area contributed by atoms with Crippen molar-refractivity contribution in [1.29, 1.82) is 0 Å². The van der Waals surface area contributed by atoms with E-state index < -0.39 is 18.2 Å². The first kappa shape index (κ1) is 42.6. The zero-order valence-electron chi connectivity index (χ0n) is 33.5. The molecule has 2 heterocycles. The van der Waals surface area contributed by atoms with Crippen LogP contribution < -0.4 is 14.8 Å². The molecule has 0 radical (unpaired) electrons. The van der Waals surface area contributed by atoms with Gasteiger partial charge in [0.15, 0.2) is 26.2 Å². The van der Waals surface area contributed by atoms with E-state index in [1.807, 2.05) is 60.7 Å². The third-order valence-electron chi connectivity index (χ3n) is 9.05. The van der Waals surface area contributed by atoms with Gasteiger partial charge in [0.25, 0.3) is 0 Å². The lowest BCUT2D eigenvalue weighted by Gasteiger charge is -2.37. The van der Waals surface area contributed by atoms with Gasteiger partial charge in [-0.05, 0) is 62.6 Å². The molecule has 2 aliphatic heterocycles. The fraction of sp³-hybridized carbons (Fsp3) is 0.571. The van der Waals surface area contributed by atoms with Crippen molar-refractivity contribution >= 4 is 0 Å². The van der Waals surface area contributed by atoms with Crippen LogP contribution in [0.4, 0.5) is 0 Å². The van der Waals surface area contributed by atoms with Gasteiger partial charge in [-0.2, -0.15) is 0 Å². The average molecular weight is 739 g/mol. The van der Waals surface area contributed by atoms with Crippen LogP contribution in [0.1, 0.15) is 87.5 Å². The van der Waals surface area contributed by atoms with Crippen molar-refractivity contribution in [2.24, 2.45) is 10.8 Å². The minimum Gasteiger partial charge on any atom is -0.467 e. The molecule has 0 atom stereocenters. The second-order valence-corrected chi connectivity index (χ2v) is 15.4. The maximum atomic E-state index is 13.5. The molecule has 0 unspecified atom stereocenters. The number of hydrogen-bond acceptors (Lipinski definition) is 11. The Labute approximate surface area is 316 Å². The molecule has 2 aliphatic rings. The highest BCUT2D eigenvalue weighted by Gasteiger charge is 2.42. The number of hydrogen-bond donors (Lipinski definition) is 2. The summed E-state index contributed by atoms with van der Waals surface area (Å²) in [5, 5.41) is 16.9. The number of methoxy groups -OCH3 is 2. The van der Waals surface area contributed by atoms with E-state index in [4.69, 9.17) is 37.9 Å². The predicted octanol–water partition coefficient (Wildman–Crippen LogP) is 6.76. The summed E-state index contributed by atoms with van der Waals surface area (Å²) in [6.07, 6.45) is -1.25. The number of ether oxygens (including phenoxy) is 8. The van der Waals surface area contributed by atoms with Crippen LogP contribution in [0.25, 0.3) is 0 Å². The van der Waals surface area contributed by atoms with Crippen molar-refractivity contribution < 1.29 is 43.0 Å². The first-order valence-electron chi connectivity index (χ1n) is 18.4. The quantitative estimate of drug-likeness (QED) is 0.128. The van der Waals surface area contributed by atoms with Crippen LogP contribution in [-0.2, 0) is 40.6 Å². The highest BCUT2D eigenvalue weighted by Crippen LogP contribution is 2.47. The fourth-order valence-corrected chi connectivity index (χ4v) is 5.85. The van der Waals surface area contributed by atoms with Crippen LogP contribution >= 0.6 is 0 Å². The first-order chi connectivity index (χ1) is 25.3. The molecule has 0 aliphatic carbocycles. The average Bonchev–Trinajstić information content (AvgIpc) is 3.15. The lowest BCUT2D eigenvalue weighted by molar-refractivity contribution is -0.226. The number of nitrogens with zero attached hydrogens (tertiary/aromatic N) is 1. The van der Waals surface area contributed by atoms with Gasteiger partial charge in [0.2, 0.25) is 0 Å². The van der Waals surface area contributed by atoms with E-state index in [1.165, 1.54) is 0 Å². The Morgan fingerprint density at radius 1 is 0.736 bits per heavy atom. The molecule has 0 bridgehead atoms. The van der Waals surface area contributed by atoms with E-state index in [0.717, 1.165) is 29.8 Å². The zero-order valence-corrected chi connectivity index (χ0v) is 33.5. The normalized spacial score (nSPS) is 17.7. The van der Waals surface area contributed by atoms with Crippen LogP contribution in [0.2, 0.25) is 0 Å². The lowest BCUT2D eigenvalue weighted by atomic mass is 9.77. The molecule has 0 aromatic heterocycles. The van der Waals surface area contributed by atoms with Gasteiger partial charge in [0, 0.05) is 53.8 Å². The molecule has 2 saturated heterocycles. The highest BCUT2D eigenvalue weighted by atomic mass is 16.7. The molecule has 0 amide bonds. The minimum atomic E-state index is -1.82. The van der Waals surface area contributed by atoms with Crippen LogP contribution in [0.15, 0.2) is 60.7 Å². The third-order valence-corrected chi connectivity index (χ3v) is 9.05. The second-order valence-electron chi connectivity index (χ2n) is 15.4. The van der Waals surface area contributed by atoms with Gasteiger partial charge in [-0.3, -0.25) is 0 Å². The Balaban J connectivity index is 0.00000117. The summed E-state index contributed by atoms with van der Waals surface area (Å²) in [4.78, 5) is 2.12. The topological polar surface area (TPSA) is 109 Å². The van der Waals surface area contributed by atoms with E-state index in [1.54, 1.807) is 14.2 Å². The molecule has 11 heteroatoms. The highest BCUT2D eigenvalue weighted by molar-refractivity contribution is 5.58. The zero-order chi connectivity index (χ0) is 38.6. The summed E-state index contributed by atoms with van der Waals surface area (Å²) in [6.45, 7) is 17.2. The molecule has 0 saturated carbocycles. The lowest BCUT2D eigenvalue weighted by Crippen LogP contribution is -2.35. The van der Waals surface area contributed by atoms with E-state index in [2.05, 4.69) is 65.9 Å². The Bertz CT molecular complexity index is 1470. The summed E-state index contributed by atoms with van der Waals surface area (Å²) in [5.41, 5.74) is 1.97. The van der Waals surface area contributed by atoms with E-state index >= 15 is 0 Å². The molecule has 11 nitrogen and oxygen atoms in total. The fourth-order valence-electron chi connectivity index (χ4n) is 5.85. The summed E-state index contributed by atoms with van der Waals surface area (Å²) in [7, 11) is 7.23. The van der Waals surface area contributed by atoms with E-state index in [9.17, 15) is 5.11 Å². The minimum absolute atomic E-state index is 0.0277. The molecular weight excluding hydrogens is 676 g/mol. The Morgan fingerprint density at radius 2 is 1.19 bits per heavy atom. The van der Waals surface area contributed by atoms with Crippen LogP contribution in [0, 0.1) is 10.8 Å². The second kappa shape index (κ2) is 19.5. The maximum absolute atomic E-state index is 13.5. The van der Waals surface area contributed by atoms with E-state index in [0.29, 0.717) is 61.2 Å². The molecule has 53 heavy (non-hydrogen) atoms. The van der Waals surface area contributed by atoms with Crippen LogP contribution in [0.5, 0.6) is 11.5 Å². The molecular formula is C42H62N2O9. The van der Waals surface area contributed by atoms with Gasteiger partial charge in [-0.1, -0.05) is 77.9 Å². The SMILES string of the molecule is CCN(C)C.CCNCc1cccc(C(O)(c2cc(C3OCC(C)(C)CO3)ccc2OCOC)c2cc(C3OCC(C)(C)CO3)ccc2OCOC)c1.